The molecular formula is C25H27N3O5. The van der Waals surface area contributed by atoms with Gasteiger partial charge in [0, 0.05) is 25.8 Å². The fourth-order valence-corrected chi connectivity index (χ4v) is 4.31. The summed E-state index contributed by atoms with van der Waals surface area (Å²) < 4.78 is 5.72. The van der Waals surface area contributed by atoms with E-state index in [-0.39, 0.29) is 43.2 Å². The Morgan fingerprint density at radius 3 is 2.45 bits per heavy atom. The molecule has 172 valence electrons. The van der Waals surface area contributed by atoms with Gasteiger partial charge in [0.25, 0.3) is 5.91 Å². The van der Waals surface area contributed by atoms with Gasteiger partial charge in [-0.2, -0.15) is 0 Å². The number of carbonyl (C=O) groups is 4. The molecule has 0 bridgehead atoms. The zero-order valence-electron chi connectivity index (χ0n) is 18.5. The molecule has 2 atom stereocenters. The zero-order valence-corrected chi connectivity index (χ0v) is 18.5. The van der Waals surface area contributed by atoms with Crippen LogP contribution in [-0.4, -0.2) is 53.8 Å². The molecule has 2 heterocycles. The Morgan fingerprint density at radius 2 is 1.82 bits per heavy atom. The van der Waals surface area contributed by atoms with Gasteiger partial charge in [0.1, 0.15) is 6.04 Å². The quantitative estimate of drug-likeness (QED) is 0.656. The number of benzene rings is 2. The van der Waals surface area contributed by atoms with Gasteiger partial charge in [-0.25, -0.2) is 4.90 Å². The van der Waals surface area contributed by atoms with E-state index in [9.17, 15) is 19.2 Å². The number of hydrogen-bond donors (Lipinski definition) is 1. The highest BCUT2D eigenvalue weighted by atomic mass is 16.5. The van der Waals surface area contributed by atoms with Crippen molar-refractivity contribution in [3.05, 3.63) is 60.2 Å². The van der Waals surface area contributed by atoms with E-state index in [0.717, 1.165) is 23.3 Å². The van der Waals surface area contributed by atoms with Gasteiger partial charge in [-0.05, 0) is 42.7 Å². The van der Waals surface area contributed by atoms with Crippen LogP contribution in [0.3, 0.4) is 0 Å². The third-order valence-electron chi connectivity index (χ3n) is 5.89. The minimum atomic E-state index is -0.868. The summed E-state index contributed by atoms with van der Waals surface area (Å²) in [6.45, 7) is 2.32. The van der Waals surface area contributed by atoms with E-state index >= 15 is 0 Å². The first-order valence-electron chi connectivity index (χ1n) is 11.1. The van der Waals surface area contributed by atoms with Gasteiger partial charge in [-0.1, -0.05) is 30.3 Å². The second kappa shape index (κ2) is 9.95. The summed E-state index contributed by atoms with van der Waals surface area (Å²) in [5.41, 5.74) is 1.83. The Hall–Kier alpha value is -3.52. The largest absolute Gasteiger partial charge is 0.376 e. The molecule has 0 saturated carbocycles. The third-order valence-corrected chi connectivity index (χ3v) is 5.89. The highest BCUT2D eigenvalue weighted by Crippen LogP contribution is 2.28. The summed E-state index contributed by atoms with van der Waals surface area (Å²) in [4.78, 5) is 53.4. The first-order valence-corrected chi connectivity index (χ1v) is 11.1. The van der Waals surface area contributed by atoms with Crippen LogP contribution in [0, 0.1) is 0 Å². The number of nitrogens with zero attached hydrogens (tertiary/aromatic N) is 2. The van der Waals surface area contributed by atoms with Gasteiger partial charge >= 0.3 is 0 Å². The van der Waals surface area contributed by atoms with Crippen molar-refractivity contribution in [3.8, 4) is 0 Å². The lowest BCUT2D eigenvalue weighted by Crippen LogP contribution is -2.49. The van der Waals surface area contributed by atoms with Crippen LogP contribution in [0.15, 0.2) is 54.6 Å². The molecule has 4 amide bonds. The molecule has 1 N–H and O–H groups in total. The highest BCUT2D eigenvalue weighted by molar-refractivity contribution is 6.23. The van der Waals surface area contributed by atoms with Crippen LogP contribution >= 0.6 is 0 Å². The lowest BCUT2D eigenvalue weighted by molar-refractivity contribution is -0.139. The lowest BCUT2D eigenvalue weighted by Gasteiger charge is -2.30. The Kier molecular flexibility index (Phi) is 6.84. The number of hydrogen-bond acceptors (Lipinski definition) is 5. The van der Waals surface area contributed by atoms with Crippen LogP contribution in [0.25, 0.3) is 0 Å². The first-order chi connectivity index (χ1) is 15.9. The summed E-state index contributed by atoms with van der Waals surface area (Å²) in [7, 11) is 0. The highest BCUT2D eigenvalue weighted by Gasteiger charge is 2.45. The molecule has 2 aliphatic heterocycles. The van der Waals surface area contributed by atoms with Crippen LogP contribution in [0.1, 0.15) is 31.7 Å². The Morgan fingerprint density at radius 1 is 1.09 bits per heavy atom. The second-order valence-corrected chi connectivity index (χ2v) is 8.36. The molecule has 8 nitrogen and oxygen atoms in total. The summed E-state index contributed by atoms with van der Waals surface area (Å²) in [6, 6.07) is 15.0. The average molecular weight is 450 g/mol. The SMILES string of the molecule is CC(=O)Nc1ccc(N2C(=O)CC(N(CC3CCCO3)C(=O)Cc3ccccc3)C2=O)cc1. The topological polar surface area (TPSA) is 96.0 Å². The molecule has 4 rings (SSSR count). The summed E-state index contributed by atoms with van der Waals surface area (Å²) in [5, 5.41) is 2.66. The van der Waals surface area contributed by atoms with Gasteiger partial charge < -0.3 is 15.0 Å². The van der Waals surface area contributed by atoms with Gasteiger partial charge in [-0.15, -0.1) is 0 Å². The van der Waals surface area contributed by atoms with E-state index in [1.54, 1.807) is 24.3 Å². The minimum absolute atomic E-state index is 0.0699. The van der Waals surface area contributed by atoms with E-state index in [4.69, 9.17) is 4.74 Å². The van der Waals surface area contributed by atoms with E-state index in [1.165, 1.54) is 11.8 Å². The van der Waals surface area contributed by atoms with Gasteiger partial charge in [0.15, 0.2) is 0 Å². The summed E-state index contributed by atoms with van der Waals surface area (Å²) >= 11 is 0. The molecular weight excluding hydrogens is 422 g/mol. The van der Waals surface area contributed by atoms with Crippen molar-refractivity contribution in [1.82, 2.24) is 4.90 Å². The molecule has 2 saturated heterocycles. The smallest absolute Gasteiger partial charge is 0.257 e. The monoisotopic (exact) mass is 449 g/mol. The van der Waals surface area contributed by atoms with Gasteiger partial charge in [-0.3, -0.25) is 19.2 Å². The standard InChI is InChI=1S/C25H27N3O5/c1-17(29)26-19-9-11-20(12-10-19)28-24(31)15-22(25(28)32)27(16-21-8-5-13-33-21)23(30)14-18-6-3-2-4-7-18/h2-4,6-7,9-12,21-22H,5,8,13-16H2,1H3,(H,26,29). The number of imide groups is 1. The minimum Gasteiger partial charge on any atom is -0.376 e. The molecule has 0 aliphatic carbocycles. The van der Waals surface area contributed by atoms with Crippen molar-refractivity contribution >= 4 is 35.0 Å². The van der Waals surface area contributed by atoms with Crippen LogP contribution < -0.4 is 10.2 Å². The number of ether oxygens (including phenoxy) is 1. The number of nitrogens with one attached hydrogen (secondary N) is 1. The molecule has 2 aromatic rings. The van der Waals surface area contributed by atoms with E-state index in [2.05, 4.69) is 5.32 Å². The molecule has 2 unspecified atom stereocenters. The molecule has 2 aromatic carbocycles. The lowest BCUT2D eigenvalue weighted by atomic mass is 10.1. The Labute approximate surface area is 192 Å². The predicted octanol–water partition coefficient (Wildman–Crippen LogP) is 2.53. The number of anilines is 2. The van der Waals surface area contributed by atoms with E-state index in [1.807, 2.05) is 30.3 Å². The first kappa shape index (κ1) is 22.7. The molecule has 2 aliphatic rings. The second-order valence-electron chi connectivity index (χ2n) is 8.36. The van der Waals surface area contributed by atoms with Crippen molar-refractivity contribution in [2.45, 2.75) is 44.8 Å². The van der Waals surface area contributed by atoms with Crippen molar-refractivity contribution in [1.29, 1.82) is 0 Å². The van der Waals surface area contributed by atoms with Crippen LogP contribution in [-0.2, 0) is 30.3 Å². The van der Waals surface area contributed by atoms with Crippen molar-refractivity contribution in [2.75, 3.05) is 23.4 Å². The van der Waals surface area contributed by atoms with Gasteiger partial charge in [0.2, 0.25) is 17.7 Å². The Balaban J connectivity index is 1.55. The van der Waals surface area contributed by atoms with Crippen molar-refractivity contribution in [3.63, 3.8) is 0 Å². The molecule has 2 fully saturated rings. The molecule has 33 heavy (non-hydrogen) atoms. The average Bonchev–Trinajstić information content (AvgIpc) is 3.40. The van der Waals surface area contributed by atoms with E-state index in [0.29, 0.717) is 18.0 Å². The van der Waals surface area contributed by atoms with Crippen molar-refractivity contribution < 1.29 is 23.9 Å². The predicted molar refractivity (Wildman–Crippen MR) is 122 cm³/mol. The summed E-state index contributed by atoms with van der Waals surface area (Å²) in [6.07, 6.45) is 1.67. The van der Waals surface area contributed by atoms with Crippen LogP contribution in [0.5, 0.6) is 0 Å². The maximum Gasteiger partial charge on any atom is 0.257 e. The fraction of sp³-hybridized carbons (Fsp3) is 0.360. The number of carbonyl (C=O) groups excluding carboxylic acids is 4. The number of amides is 4. The zero-order chi connectivity index (χ0) is 23.4. The van der Waals surface area contributed by atoms with Crippen LogP contribution in [0.2, 0.25) is 0 Å². The third kappa shape index (κ3) is 5.28. The summed E-state index contributed by atoms with van der Waals surface area (Å²) in [5.74, 6) is -1.20. The molecule has 8 heteroatoms. The number of rotatable bonds is 7. The van der Waals surface area contributed by atoms with Crippen LogP contribution in [0.4, 0.5) is 11.4 Å². The maximum atomic E-state index is 13.4. The normalized spacial score (nSPS) is 20.2. The fourth-order valence-electron chi connectivity index (χ4n) is 4.31. The molecule has 0 aromatic heterocycles. The Bertz CT molecular complexity index is 1030. The van der Waals surface area contributed by atoms with E-state index < -0.39 is 11.9 Å². The molecule has 0 radical (unpaired) electrons. The maximum absolute atomic E-state index is 13.4. The van der Waals surface area contributed by atoms with Gasteiger partial charge in [0.05, 0.1) is 24.6 Å². The molecule has 0 spiro atoms. The van der Waals surface area contributed by atoms with Crippen molar-refractivity contribution in [2.24, 2.45) is 0 Å².